The number of nitrogens with zero attached hydrogens (tertiary/aromatic N) is 3. The number of hydrogen-bond donors (Lipinski definition) is 1. The first-order valence-electron chi connectivity index (χ1n) is 6.91. The van der Waals surface area contributed by atoms with E-state index in [0.717, 1.165) is 30.3 Å². The molecule has 3 rings (SSSR count). The number of aryl methyl sites for hydroxylation is 1. The smallest absolute Gasteiger partial charge is 0.0892 e. The van der Waals surface area contributed by atoms with E-state index < -0.39 is 0 Å². The second kappa shape index (κ2) is 5.84. The van der Waals surface area contributed by atoms with Crippen molar-refractivity contribution in [3.8, 4) is 0 Å². The van der Waals surface area contributed by atoms with Crippen LogP contribution in [0.1, 0.15) is 30.0 Å². The zero-order valence-corrected chi connectivity index (χ0v) is 11.3. The number of nitrogens with two attached hydrogens (primary N) is 1. The van der Waals surface area contributed by atoms with Crippen molar-refractivity contribution >= 4 is 5.52 Å². The van der Waals surface area contributed by atoms with Gasteiger partial charge in [0, 0.05) is 24.0 Å². The molecule has 20 heavy (non-hydrogen) atoms. The molecule has 3 aromatic rings. The average molecular weight is 266 g/mol. The molecule has 4 nitrogen and oxygen atoms in total. The topological polar surface area (TPSA) is 56.2 Å². The van der Waals surface area contributed by atoms with E-state index in [0.29, 0.717) is 0 Å². The van der Waals surface area contributed by atoms with Crippen molar-refractivity contribution in [2.45, 2.75) is 25.3 Å². The van der Waals surface area contributed by atoms with Crippen LogP contribution in [0.2, 0.25) is 0 Å². The van der Waals surface area contributed by atoms with Gasteiger partial charge in [0.05, 0.1) is 17.9 Å². The van der Waals surface area contributed by atoms with Gasteiger partial charge < -0.3 is 5.73 Å². The Morgan fingerprint density at radius 3 is 2.85 bits per heavy atom. The molecule has 0 amide bonds. The summed E-state index contributed by atoms with van der Waals surface area (Å²) < 4.78 is 1.82. The lowest BCUT2D eigenvalue weighted by atomic mass is 10.0. The van der Waals surface area contributed by atoms with E-state index in [1.54, 1.807) is 6.20 Å². The van der Waals surface area contributed by atoms with Gasteiger partial charge in [-0.05, 0) is 24.8 Å². The van der Waals surface area contributed by atoms with Crippen LogP contribution in [-0.4, -0.2) is 14.6 Å². The van der Waals surface area contributed by atoms with Crippen LogP contribution in [0.4, 0.5) is 0 Å². The second-order valence-electron chi connectivity index (χ2n) is 4.99. The molecule has 0 saturated heterocycles. The van der Waals surface area contributed by atoms with Crippen LogP contribution < -0.4 is 5.73 Å². The van der Waals surface area contributed by atoms with Crippen molar-refractivity contribution in [3.05, 3.63) is 66.2 Å². The highest BCUT2D eigenvalue weighted by atomic mass is 15.2. The molecule has 0 spiro atoms. The number of hydrogen-bond acceptors (Lipinski definition) is 3. The highest BCUT2D eigenvalue weighted by molar-refractivity contribution is 5.52. The monoisotopic (exact) mass is 266 g/mol. The molecule has 0 aliphatic rings. The Labute approximate surface area is 118 Å². The molecule has 0 aliphatic carbocycles. The van der Waals surface area contributed by atoms with Gasteiger partial charge in [-0.25, -0.2) is 4.52 Å². The first-order valence-corrected chi connectivity index (χ1v) is 6.91. The molecule has 0 bridgehead atoms. The Balaban J connectivity index is 1.63. The van der Waals surface area contributed by atoms with Gasteiger partial charge in [-0.2, -0.15) is 5.10 Å². The molecule has 0 radical (unpaired) electrons. The molecule has 1 atom stereocenters. The van der Waals surface area contributed by atoms with Crippen LogP contribution in [0.25, 0.3) is 5.52 Å². The second-order valence-corrected chi connectivity index (χ2v) is 4.99. The molecule has 2 N–H and O–H groups in total. The summed E-state index contributed by atoms with van der Waals surface area (Å²) in [5.74, 6) is 0. The molecule has 1 aromatic carbocycles. The van der Waals surface area contributed by atoms with Gasteiger partial charge in [0.2, 0.25) is 0 Å². The molecule has 1 unspecified atom stereocenters. The van der Waals surface area contributed by atoms with Crippen LogP contribution in [0.15, 0.2) is 55.1 Å². The lowest BCUT2D eigenvalue weighted by Crippen LogP contribution is -2.10. The standard InChI is InChI=1S/C16H18N4/c17-15(8-4-7-13-5-2-1-3-6-13)14-11-19-20-10-9-18-12-16(14)20/h1-3,5-6,9-12,15H,4,7-8,17H2. The lowest BCUT2D eigenvalue weighted by Gasteiger charge is -2.10. The van der Waals surface area contributed by atoms with Crippen LogP contribution in [0.3, 0.4) is 0 Å². The summed E-state index contributed by atoms with van der Waals surface area (Å²) in [4.78, 5) is 4.14. The summed E-state index contributed by atoms with van der Waals surface area (Å²) in [5.41, 5.74) is 9.73. The summed E-state index contributed by atoms with van der Waals surface area (Å²) in [7, 11) is 0. The van der Waals surface area contributed by atoms with Crippen molar-refractivity contribution < 1.29 is 0 Å². The minimum atomic E-state index is 0.0143. The normalized spacial score (nSPS) is 12.7. The van der Waals surface area contributed by atoms with Crippen molar-refractivity contribution in [3.63, 3.8) is 0 Å². The van der Waals surface area contributed by atoms with E-state index >= 15 is 0 Å². The molecular formula is C16H18N4. The maximum Gasteiger partial charge on any atom is 0.0892 e. The van der Waals surface area contributed by atoms with Gasteiger partial charge >= 0.3 is 0 Å². The predicted molar refractivity (Wildman–Crippen MR) is 79.3 cm³/mol. The zero-order valence-electron chi connectivity index (χ0n) is 11.3. The van der Waals surface area contributed by atoms with E-state index in [4.69, 9.17) is 5.73 Å². The molecule has 0 fully saturated rings. The third-order valence-corrected chi connectivity index (χ3v) is 3.58. The van der Waals surface area contributed by atoms with Gasteiger partial charge in [0.1, 0.15) is 0 Å². The Morgan fingerprint density at radius 1 is 1.15 bits per heavy atom. The van der Waals surface area contributed by atoms with E-state index in [2.05, 4.69) is 34.3 Å². The molecule has 0 saturated carbocycles. The van der Waals surface area contributed by atoms with Gasteiger partial charge in [-0.15, -0.1) is 0 Å². The highest BCUT2D eigenvalue weighted by Gasteiger charge is 2.12. The maximum absolute atomic E-state index is 6.29. The lowest BCUT2D eigenvalue weighted by molar-refractivity contribution is 0.614. The molecule has 2 heterocycles. The summed E-state index contributed by atoms with van der Waals surface area (Å²) >= 11 is 0. The molecule has 0 aliphatic heterocycles. The third-order valence-electron chi connectivity index (χ3n) is 3.58. The SMILES string of the molecule is NC(CCCc1ccccc1)c1cnn2ccncc12. The summed E-state index contributed by atoms with van der Waals surface area (Å²) in [6.45, 7) is 0. The Morgan fingerprint density at radius 2 is 2.00 bits per heavy atom. The predicted octanol–water partition coefficient (Wildman–Crippen LogP) is 2.75. The Bertz CT molecular complexity index is 675. The van der Waals surface area contributed by atoms with Crippen LogP contribution in [0.5, 0.6) is 0 Å². The van der Waals surface area contributed by atoms with E-state index in [9.17, 15) is 0 Å². The van der Waals surface area contributed by atoms with Gasteiger partial charge in [0.15, 0.2) is 0 Å². The summed E-state index contributed by atoms with van der Waals surface area (Å²) in [6, 6.07) is 10.5. The highest BCUT2D eigenvalue weighted by Crippen LogP contribution is 2.21. The minimum Gasteiger partial charge on any atom is -0.324 e. The Hall–Kier alpha value is -2.20. The van der Waals surface area contributed by atoms with Crippen LogP contribution in [-0.2, 0) is 6.42 Å². The van der Waals surface area contributed by atoms with Gasteiger partial charge in [0.25, 0.3) is 0 Å². The summed E-state index contributed by atoms with van der Waals surface area (Å²) in [6.07, 6.45) is 10.3. The third kappa shape index (κ3) is 2.70. The van der Waals surface area contributed by atoms with Crippen molar-refractivity contribution in [1.82, 2.24) is 14.6 Å². The molecule has 102 valence electrons. The van der Waals surface area contributed by atoms with E-state index in [1.165, 1.54) is 5.56 Å². The number of benzene rings is 1. The van der Waals surface area contributed by atoms with Gasteiger partial charge in [-0.1, -0.05) is 30.3 Å². The van der Waals surface area contributed by atoms with E-state index in [-0.39, 0.29) is 6.04 Å². The Kier molecular flexibility index (Phi) is 3.74. The maximum atomic E-state index is 6.29. The molecule has 4 heteroatoms. The quantitative estimate of drug-likeness (QED) is 0.772. The number of fused-ring (bicyclic) bond motifs is 1. The molecule has 2 aromatic heterocycles. The first-order chi connectivity index (χ1) is 9.84. The van der Waals surface area contributed by atoms with Crippen LogP contribution >= 0.6 is 0 Å². The van der Waals surface area contributed by atoms with Crippen molar-refractivity contribution in [1.29, 1.82) is 0 Å². The number of rotatable bonds is 5. The number of aromatic nitrogens is 3. The van der Waals surface area contributed by atoms with Crippen molar-refractivity contribution in [2.75, 3.05) is 0 Å². The summed E-state index contributed by atoms with van der Waals surface area (Å²) in [5, 5.41) is 4.30. The van der Waals surface area contributed by atoms with Crippen LogP contribution in [0, 0.1) is 0 Å². The minimum absolute atomic E-state index is 0.0143. The largest absolute Gasteiger partial charge is 0.324 e. The molecular weight excluding hydrogens is 248 g/mol. The fourth-order valence-corrected chi connectivity index (χ4v) is 2.46. The fourth-order valence-electron chi connectivity index (χ4n) is 2.46. The van der Waals surface area contributed by atoms with Gasteiger partial charge in [-0.3, -0.25) is 4.98 Å². The first kappa shape index (κ1) is 12.8. The van der Waals surface area contributed by atoms with E-state index in [1.807, 2.05) is 29.2 Å². The van der Waals surface area contributed by atoms with Crippen molar-refractivity contribution in [2.24, 2.45) is 5.73 Å². The average Bonchev–Trinajstić information content (AvgIpc) is 2.92. The zero-order chi connectivity index (χ0) is 13.8. The fraction of sp³-hybridized carbons (Fsp3) is 0.250.